The van der Waals surface area contributed by atoms with E-state index in [9.17, 15) is 0 Å². The van der Waals surface area contributed by atoms with Gasteiger partial charge >= 0.3 is 0 Å². The van der Waals surface area contributed by atoms with Crippen LogP contribution in [-0.4, -0.2) is 35.6 Å². The van der Waals surface area contributed by atoms with Crippen LogP contribution in [0.15, 0.2) is 18.3 Å². The van der Waals surface area contributed by atoms with Crippen LogP contribution in [0.4, 0.5) is 0 Å². The van der Waals surface area contributed by atoms with Crippen LogP contribution in [0.5, 0.6) is 0 Å². The van der Waals surface area contributed by atoms with Gasteiger partial charge in [-0.25, -0.2) is 4.98 Å². The number of nitrogens with one attached hydrogen (secondary N) is 1. The second-order valence-electron chi connectivity index (χ2n) is 5.37. The first-order chi connectivity index (χ1) is 9.28. The Morgan fingerprint density at radius 1 is 1.47 bits per heavy atom. The molecule has 106 valence electrons. The van der Waals surface area contributed by atoms with Gasteiger partial charge in [0.1, 0.15) is 5.15 Å². The summed E-state index contributed by atoms with van der Waals surface area (Å²) in [4.78, 5) is 6.57. The van der Waals surface area contributed by atoms with Gasteiger partial charge in [-0.1, -0.05) is 24.9 Å². The van der Waals surface area contributed by atoms with Gasteiger partial charge in [-0.15, -0.1) is 0 Å². The van der Waals surface area contributed by atoms with Crippen molar-refractivity contribution < 1.29 is 0 Å². The third kappa shape index (κ3) is 5.09. The van der Waals surface area contributed by atoms with Crippen LogP contribution in [0.1, 0.15) is 38.2 Å². The van der Waals surface area contributed by atoms with E-state index in [1.54, 1.807) is 6.20 Å². The first-order valence-corrected chi connectivity index (χ1v) is 7.72. The normalized spacial score (nSPS) is 19.8. The van der Waals surface area contributed by atoms with Crippen molar-refractivity contribution in [2.75, 3.05) is 19.6 Å². The lowest BCUT2D eigenvalue weighted by molar-refractivity contribution is 0.217. The molecule has 1 aromatic heterocycles. The number of aromatic nitrogens is 1. The van der Waals surface area contributed by atoms with E-state index in [4.69, 9.17) is 11.6 Å². The summed E-state index contributed by atoms with van der Waals surface area (Å²) in [6, 6.07) is 4.68. The van der Waals surface area contributed by atoms with Gasteiger partial charge in [0.05, 0.1) is 0 Å². The molecular formula is C15H24ClN3. The average Bonchev–Trinajstić information content (AvgIpc) is 2.40. The number of nitrogens with zero attached hydrogens (tertiary/aromatic N) is 2. The van der Waals surface area contributed by atoms with E-state index in [0.717, 1.165) is 19.6 Å². The molecule has 1 aromatic rings. The molecule has 0 amide bonds. The molecule has 0 saturated carbocycles. The van der Waals surface area contributed by atoms with Crippen LogP contribution < -0.4 is 5.32 Å². The molecule has 0 spiro atoms. The van der Waals surface area contributed by atoms with Crippen molar-refractivity contribution in [3.63, 3.8) is 0 Å². The molecule has 1 unspecified atom stereocenters. The van der Waals surface area contributed by atoms with Gasteiger partial charge in [0.2, 0.25) is 0 Å². The van der Waals surface area contributed by atoms with E-state index in [2.05, 4.69) is 28.2 Å². The molecule has 0 bridgehead atoms. The van der Waals surface area contributed by atoms with Gasteiger partial charge in [0.25, 0.3) is 0 Å². The summed E-state index contributed by atoms with van der Waals surface area (Å²) in [5.41, 5.74) is 1.25. The van der Waals surface area contributed by atoms with Gasteiger partial charge in [0, 0.05) is 25.3 Å². The molecule has 1 N–H and O–H groups in total. The molecule has 1 aliphatic rings. The maximum atomic E-state index is 5.96. The minimum absolute atomic E-state index is 0.588. The SMILES string of the molecule is CCCN(Cc1ccnc(Cl)c1)CC1CCCCN1. The predicted octanol–water partition coefficient (Wildman–Crippen LogP) is 3.09. The summed E-state index contributed by atoms with van der Waals surface area (Å²) in [7, 11) is 0. The quantitative estimate of drug-likeness (QED) is 0.812. The van der Waals surface area contributed by atoms with Crippen LogP contribution in [0, 0.1) is 0 Å². The lowest BCUT2D eigenvalue weighted by Crippen LogP contribution is -2.43. The number of rotatable bonds is 6. The average molecular weight is 282 g/mol. The highest BCUT2D eigenvalue weighted by Crippen LogP contribution is 2.13. The van der Waals surface area contributed by atoms with E-state index in [1.165, 1.54) is 37.8 Å². The Hall–Kier alpha value is -0.640. The monoisotopic (exact) mass is 281 g/mol. The third-order valence-corrected chi connectivity index (χ3v) is 3.83. The molecule has 1 fully saturated rings. The minimum Gasteiger partial charge on any atom is -0.313 e. The van der Waals surface area contributed by atoms with E-state index < -0.39 is 0 Å². The Kier molecular flexibility index (Phi) is 6.08. The Bertz CT molecular complexity index is 377. The molecule has 3 nitrogen and oxygen atoms in total. The maximum Gasteiger partial charge on any atom is 0.129 e. The summed E-state index contributed by atoms with van der Waals surface area (Å²) >= 11 is 5.96. The smallest absolute Gasteiger partial charge is 0.129 e. The zero-order chi connectivity index (χ0) is 13.5. The second kappa shape index (κ2) is 7.83. The van der Waals surface area contributed by atoms with Crippen LogP contribution >= 0.6 is 11.6 Å². The molecule has 0 radical (unpaired) electrons. The standard InChI is InChI=1S/C15H24ClN3/c1-2-9-19(12-14-5-3-4-7-17-14)11-13-6-8-18-15(16)10-13/h6,8,10,14,17H,2-5,7,9,11-12H2,1H3. The number of hydrogen-bond acceptors (Lipinski definition) is 3. The molecule has 2 heterocycles. The number of hydrogen-bond donors (Lipinski definition) is 1. The van der Waals surface area contributed by atoms with Crippen LogP contribution in [0.25, 0.3) is 0 Å². The van der Waals surface area contributed by atoms with E-state index >= 15 is 0 Å². The first-order valence-electron chi connectivity index (χ1n) is 7.34. The highest BCUT2D eigenvalue weighted by molar-refractivity contribution is 6.29. The fraction of sp³-hybridized carbons (Fsp3) is 0.667. The minimum atomic E-state index is 0.588. The molecule has 2 rings (SSSR count). The zero-order valence-corrected chi connectivity index (χ0v) is 12.5. The molecule has 4 heteroatoms. The number of piperidine rings is 1. The predicted molar refractivity (Wildman–Crippen MR) is 80.5 cm³/mol. The Labute approximate surface area is 121 Å². The highest BCUT2D eigenvalue weighted by atomic mass is 35.5. The molecule has 0 aliphatic carbocycles. The maximum absolute atomic E-state index is 5.96. The van der Waals surface area contributed by atoms with E-state index in [1.807, 2.05) is 6.07 Å². The van der Waals surface area contributed by atoms with Crippen molar-refractivity contribution in [2.24, 2.45) is 0 Å². The Morgan fingerprint density at radius 2 is 2.37 bits per heavy atom. The van der Waals surface area contributed by atoms with Gasteiger partial charge in [-0.2, -0.15) is 0 Å². The second-order valence-corrected chi connectivity index (χ2v) is 5.76. The number of halogens is 1. The van der Waals surface area contributed by atoms with Crippen molar-refractivity contribution in [1.82, 2.24) is 15.2 Å². The van der Waals surface area contributed by atoms with Crippen molar-refractivity contribution in [3.8, 4) is 0 Å². The van der Waals surface area contributed by atoms with Crippen LogP contribution in [-0.2, 0) is 6.54 Å². The number of pyridine rings is 1. The fourth-order valence-corrected chi connectivity index (χ4v) is 2.94. The summed E-state index contributed by atoms with van der Waals surface area (Å²) < 4.78 is 0. The fourth-order valence-electron chi connectivity index (χ4n) is 2.74. The van der Waals surface area contributed by atoms with Gasteiger partial charge < -0.3 is 5.32 Å². The third-order valence-electron chi connectivity index (χ3n) is 3.63. The Morgan fingerprint density at radius 3 is 3.05 bits per heavy atom. The van der Waals surface area contributed by atoms with E-state index in [0.29, 0.717) is 11.2 Å². The van der Waals surface area contributed by atoms with Crippen molar-refractivity contribution in [3.05, 3.63) is 29.0 Å². The molecular weight excluding hydrogens is 258 g/mol. The molecule has 1 aliphatic heterocycles. The summed E-state index contributed by atoms with van der Waals surface area (Å²) in [5.74, 6) is 0. The molecule has 1 atom stereocenters. The van der Waals surface area contributed by atoms with Gasteiger partial charge in [-0.05, 0) is 50.0 Å². The van der Waals surface area contributed by atoms with Gasteiger partial charge in [-0.3, -0.25) is 4.90 Å². The van der Waals surface area contributed by atoms with Gasteiger partial charge in [0.15, 0.2) is 0 Å². The summed E-state index contributed by atoms with van der Waals surface area (Å²) in [6.45, 7) is 6.65. The molecule has 19 heavy (non-hydrogen) atoms. The van der Waals surface area contributed by atoms with Crippen molar-refractivity contribution in [1.29, 1.82) is 0 Å². The van der Waals surface area contributed by atoms with Crippen molar-refractivity contribution in [2.45, 2.75) is 45.2 Å². The Balaban J connectivity index is 1.91. The largest absolute Gasteiger partial charge is 0.313 e. The van der Waals surface area contributed by atoms with Crippen LogP contribution in [0.3, 0.4) is 0 Å². The molecule has 1 saturated heterocycles. The lowest BCUT2D eigenvalue weighted by atomic mass is 10.0. The van der Waals surface area contributed by atoms with Crippen molar-refractivity contribution >= 4 is 11.6 Å². The topological polar surface area (TPSA) is 28.2 Å². The molecule has 0 aromatic carbocycles. The summed E-state index contributed by atoms with van der Waals surface area (Å²) in [6.07, 6.45) is 6.96. The summed E-state index contributed by atoms with van der Waals surface area (Å²) in [5, 5.41) is 4.21. The first kappa shape index (κ1) is 14.8. The highest BCUT2D eigenvalue weighted by Gasteiger charge is 2.16. The lowest BCUT2D eigenvalue weighted by Gasteiger charge is -2.30. The van der Waals surface area contributed by atoms with Crippen LogP contribution in [0.2, 0.25) is 5.15 Å². The zero-order valence-electron chi connectivity index (χ0n) is 11.7. The van der Waals surface area contributed by atoms with E-state index in [-0.39, 0.29) is 0 Å².